The summed E-state index contributed by atoms with van der Waals surface area (Å²) in [6, 6.07) is 4.09. The zero-order valence-corrected chi connectivity index (χ0v) is 10.6. The van der Waals surface area contributed by atoms with Crippen molar-refractivity contribution in [3.8, 4) is 11.4 Å². The Morgan fingerprint density at radius 1 is 1.29 bits per heavy atom. The van der Waals surface area contributed by atoms with Gasteiger partial charge in [-0.3, -0.25) is 0 Å². The van der Waals surface area contributed by atoms with E-state index < -0.39 is 18.7 Å². The molecule has 2 rings (SSSR count). The molecule has 0 saturated carbocycles. The predicted octanol–water partition coefficient (Wildman–Crippen LogP) is 1.49. The lowest BCUT2D eigenvalue weighted by molar-refractivity contribution is -0.146. The molecule has 10 heteroatoms. The Hall–Kier alpha value is -2.23. The van der Waals surface area contributed by atoms with Crippen molar-refractivity contribution in [2.75, 3.05) is 13.3 Å². The highest BCUT2D eigenvalue weighted by molar-refractivity contribution is 5.44. The van der Waals surface area contributed by atoms with Crippen molar-refractivity contribution in [1.29, 1.82) is 0 Å². The summed E-state index contributed by atoms with van der Waals surface area (Å²) in [7, 11) is 0. The van der Waals surface area contributed by atoms with E-state index in [9.17, 15) is 17.6 Å². The van der Waals surface area contributed by atoms with E-state index in [2.05, 4.69) is 15.5 Å². The number of alkyl halides is 4. The van der Waals surface area contributed by atoms with Crippen LogP contribution in [-0.2, 0) is 12.7 Å². The molecular formula is C11H11F4N5O. The summed E-state index contributed by atoms with van der Waals surface area (Å²) in [5, 5.41) is 9.29. The van der Waals surface area contributed by atoms with Crippen LogP contribution >= 0.6 is 0 Å². The number of aromatic nitrogens is 4. The minimum absolute atomic E-state index is 0.0128. The molecule has 0 saturated heterocycles. The molecule has 0 aliphatic carbocycles. The van der Waals surface area contributed by atoms with Gasteiger partial charge in [-0.1, -0.05) is 0 Å². The topological polar surface area (TPSA) is 78.9 Å². The van der Waals surface area contributed by atoms with Crippen molar-refractivity contribution in [3.05, 3.63) is 29.6 Å². The summed E-state index contributed by atoms with van der Waals surface area (Å²) >= 11 is 0. The molecule has 0 radical (unpaired) electrons. The number of benzene rings is 1. The van der Waals surface area contributed by atoms with E-state index in [1.807, 2.05) is 0 Å². The fourth-order valence-corrected chi connectivity index (χ4v) is 1.68. The largest absolute Gasteiger partial charge is 0.491 e. The van der Waals surface area contributed by atoms with Crippen LogP contribution in [0, 0.1) is 0 Å². The summed E-state index contributed by atoms with van der Waals surface area (Å²) in [4.78, 5) is 0. The second-order valence-corrected chi connectivity index (χ2v) is 3.95. The molecule has 6 nitrogen and oxygen atoms in total. The van der Waals surface area contributed by atoms with Gasteiger partial charge in [0.25, 0.3) is 5.82 Å². The van der Waals surface area contributed by atoms with Gasteiger partial charge in [-0.25, -0.2) is 4.39 Å². The van der Waals surface area contributed by atoms with Crippen LogP contribution in [0.15, 0.2) is 18.2 Å². The number of rotatable bonds is 5. The third kappa shape index (κ3) is 3.27. The van der Waals surface area contributed by atoms with E-state index in [1.54, 1.807) is 0 Å². The van der Waals surface area contributed by atoms with Crippen LogP contribution in [0.3, 0.4) is 0 Å². The molecule has 0 atom stereocenters. The zero-order chi connectivity index (χ0) is 15.5. The highest BCUT2D eigenvalue weighted by atomic mass is 19.4. The van der Waals surface area contributed by atoms with Crippen LogP contribution in [0.25, 0.3) is 5.69 Å². The molecule has 2 aromatic rings. The maximum atomic E-state index is 12.7. The lowest BCUT2D eigenvalue weighted by Gasteiger charge is -2.12. The number of hydrogen-bond acceptors (Lipinski definition) is 5. The highest BCUT2D eigenvalue weighted by Crippen LogP contribution is 2.29. The van der Waals surface area contributed by atoms with Gasteiger partial charge in [-0.15, -0.1) is 5.10 Å². The molecule has 0 spiro atoms. The Morgan fingerprint density at radius 2 is 2.05 bits per heavy atom. The fourth-order valence-electron chi connectivity index (χ4n) is 1.68. The van der Waals surface area contributed by atoms with E-state index in [4.69, 9.17) is 10.5 Å². The molecule has 114 valence electrons. The van der Waals surface area contributed by atoms with E-state index in [1.165, 1.54) is 18.2 Å². The van der Waals surface area contributed by atoms with Crippen molar-refractivity contribution in [1.82, 2.24) is 20.2 Å². The van der Waals surface area contributed by atoms with Gasteiger partial charge in [0.15, 0.2) is 0 Å². The minimum Gasteiger partial charge on any atom is -0.491 e. The second kappa shape index (κ2) is 6.04. The molecule has 0 aliphatic rings. The van der Waals surface area contributed by atoms with Gasteiger partial charge in [0.05, 0.1) is 5.69 Å². The van der Waals surface area contributed by atoms with Crippen LogP contribution in [0.2, 0.25) is 0 Å². The Labute approximate surface area is 116 Å². The van der Waals surface area contributed by atoms with Gasteiger partial charge in [-0.2, -0.15) is 17.9 Å². The van der Waals surface area contributed by atoms with Gasteiger partial charge in [0, 0.05) is 12.1 Å². The third-order valence-electron chi connectivity index (χ3n) is 2.57. The number of ether oxygens (including phenoxy) is 1. The number of halogens is 4. The van der Waals surface area contributed by atoms with E-state index in [-0.39, 0.29) is 18.8 Å². The van der Waals surface area contributed by atoms with Gasteiger partial charge in [0.2, 0.25) is 0 Å². The molecule has 0 amide bonds. The summed E-state index contributed by atoms with van der Waals surface area (Å²) in [5.74, 6) is -0.941. The first-order valence-electron chi connectivity index (χ1n) is 5.85. The number of hydrogen-bond donors (Lipinski definition) is 1. The zero-order valence-electron chi connectivity index (χ0n) is 10.6. The fraction of sp³-hybridized carbons (Fsp3) is 0.364. The third-order valence-corrected chi connectivity index (χ3v) is 2.57. The normalized spacial score (nSPS) is 11.7. The number of tetrazole rings is 1. The van der Waals surface area contributed by atoms with Crippen molar-refractivity contribution >= 4 is 0 Å². The van der Waals surface area contributed by atoms with E-state index >= 15 is 0 Å². The first kappa shape index (κ1) is 15.2. The van der Waals surface area contributed by atoms with Gasteiger partial charge in [-0.05, 0) is 28.6 Å². The maximum Gasteiger partial charge on any atom is 0.453 e. The monoisotopic (exact) mass is 305 g/mol. The molecule has 21 heavy (non-hydrogen) atoms. The Balaban J connectivity index is 2.40. The van der Waals surface area contributed by atoms with E-state index in [0.29, 0.717) is 16.0 Å². The molecule has 1 aromatic heterocycles. The van der Waals surface area contributed by atoms with Crippen molar-refractivity contribution in [2.45, 2.75) is 12.7 Å². The minimum atomic E-state index is -4.68. The summed E-state index contributed by atoms with van der Waals surface area (Å²) in [6.07, 6.45) is -4.68. The smallest absolute Gasteiger partial charge is 0.453 e. The van der Waals surface area contributed by atoms with Gasteiger partial charge in [0.1, 0.15) is 19.0 Å². The van der Waals surface area contributed by atoms with Crippen LogP contribution < -0.4 is 10.5 Å². The molecular weight excluding hydrogens is 294 g/mol. The SMILES string of the molecule is NCc1cc(-n2nnnc2C(F)(F)F)ccc1OCCF. The first-order chi connectivity index (χ1) is 9.97. The van der Waals surface area contributed by atoms with Crippen LogP contribution in [0.4, 0.5) is 17.6 Å². The molecule has 1 aromatic carbocycles. The molecule has 0 fully saturated rings. The average Bonchev–Trinajstić information content (AvgIpc) is 2.94. The summed E-state index contributed by atoms with van der Waals surface area (Å²) in [6.45, 7) is -0.832. The quantitative estimate of drug-likeness (QED) is 0.847. The van der Waals surface area contributed by atoms with Crippen molar-refractivity contribution in [2.24, 2.45) is 5.73 Å². The first-order valence-corrected chi connectivity index (χ1v) is 5.85. The standard InChI is InChI=1S/C11H11F4N5O/c12-3-4-21-9-2-1-8(5-7(9)6-16)20-10(11(13,14)15)17-18-19-20/h1-2,5H,3-4,6,16H2. The lowest BCUT2D eigenvalue weighted by Crippen LogP contribution is -2.15. The molecule has 0 aliphatic heterocycles. The Bertz CT molecular complexity index is 613. The summed E-state index contributed by atoms with van der Waals surface area (Å²) < 4.78 is 56.0. The van der Waals surface area contributed by atoms with Gasteiger partial charge >= 0.3 is 6.18 Å². The molecule has 0 bridgehead atoms. The Morgan fingerprint density at radius 3 is 2.67 bits per heavy atom. The molecule has 1 heterocycles. The second-order valence-electron chi connectivity index (χ2n) is 3.95. The highest BCUT2D eigenvalue weighted by Gasteiger charge is 2.38. The van der Waals surface area contributed by atoms with Crippen LogP contribution in [0.1, 0.15) is 11.4 Å². The lowest BCUT2D eigenvalue weighted by atomic mass is 10.1. The molecule has 2 N–H and O–H groups in total. The average molecular weight is 305 g/mol. The maximum absolute atomic E-state index is 12.7. The summed E-state index contributed by atoms with van der Waals surface area (Å²) in [5.41, 5.74) is 6.02. The van der Waals surface area contributed by atoms with E-state index in [0.717, 1.165) is 0 Å². The predicted molar refractivity (Wildman–Crippen MR) is 63.5 cm³/mol. The number of nitrogens with two attached hydrogens (primary N) is 1. The van der Waals surface area contributed by atoms with Crippen LogP contribution in [0.5, 0.6) is 5.75 Å². The van der Waals surface area contributed by atoms with Crippen LogP contribution in [-0.4, -0.2) is 33.5 Å². The molecule has 0 unspecified atom stereocenters. The number of nitrogens with zero attached hydrogens (tertiary/aromatic N) is 4. The van der Waals surface area contributed by atoms with Gasteiger partial charge < -0.3 is 10.5 Å². The van der Waals surface area contributed by atoms with Crippen molar-refractivity contribution in [3.63, 3.8) is 0 Å². The Kier molecular flexibility index (Phi) is 4.36. The van der Waals surface area contributed by atoms with Crippen molar-refractivity contribution < 1.29 is 22.3 Å².